The van der Waals surface area contributed by atoms with Crippen molar-refractivity contribution in [3.8, 4) is 0 Å². The van der Waals surface area contributed by atoms with Crippen LogP contribution in [-0.4, -0.2) is 4.98 Å². The third-order valence-corrected chi connectivity index (χ3v) is 4.84. The molecule has 0 aliphatic rings. The van der Waals surface area contributed by atoms with E-state index in [-0.39, 0.29) is 0 Å². The number of thiazole rings is 1. The van der Waals surface area contributed by atoms with Gasteiger partial charge in [-0.1, -0.05) is 35.5 Å². The number of thioether (sulfide) groups is 1. The normalized spacial score (nSPS) is 10.8. The van der Waals surface area contributed by atoms with Gasteiger partial charge in [0.15, 0.2) is 0 Å². The SMILES string of the molecule is Cc1csc(SCc2ccc(CN)cc2Cl)n1. The van der Waals surface area contributed by atoms with Crippen molar-refractivity contribution < 1.29 is 0 Å². The summed E-state index contributed by atoms with van der Waals surface area (Å²) in [5.41, 5.74) is 8.83. The minimum Gasteiger partial charge on any atom is -0.326 e. The number of rotatable bonds is 4. The van der Waals surface area contributed by atoms with Gasteiger partial charge in [0.05, 0.1) is 0 Å². The highest BCUT2D eigenvalue weighted by atomic mass is 35.5. The highest BCUT2D eigenvalue weighted by Gasteiger charge is 2.04. The Bertz CT molecular complexity index is 511. The van der Waals surface area contributed by atoms with Crippen molar-refractivity contribution in [3.63, 3.8) is 0 Å². The molecule has 17 heavy (non-hydrogen) atoms. The van der Waals surface area contributed by atoms with Crippen molar-refractivity contribution in [1.82, 2.24) is 4.98 Å². The molecule has 2 rings (SSSR count). The zero-order chi connectivity index (χ0) is 12.3. The standard InChI is InChI=1S/C12H13ClN2S2/c1-8-6-16-12(15-8)17-7-10-3-2-9(5-14)4-11(10)13/h2-4,6H,5,7,14H2,1H3. The number of aryl methyl sites for hydroxylation is 1. The van der Waals surface area contributed by atoms with Crippen LogP contribution < -0.4 is 5.73 Å². The Labute approximate surface area is 114 Å². The first-order chi connectivity index (χ1) is 8.19. The monoisotopic (exact) mass is 284 g/mol. The summed E-state index contributed by atoms with van der Waals surface area (Å²) in [5, 5.41) is 2.84. The molecule has 2 N–H and O–H groups in total. The first kappa shape index (κ1) is 12.9. The van der Waals surface area contributed by atoms with Gasteiger partial charge in [0.25, 0.3) is 0 Å². The molecule has 0 spiro atoms. The Kier molecular flexibility index (Phi) is 4.45. The number of aromatic nitrogens is 1. The molecular formula is C12H13ClN2S2. The summed E-state index contributed by atoms with van der Waals surface area (Å²) in [6, 6.07) is 6.00. The summed E-state index contributed by atoms with van der Waals surface area (Å²) >= 11 is 9.58. The minimum absolute atomic E-state index is 0.527. The van der Waals surface area contributed by atoms with Gasteiger partial charge >= 0.3 is 0 Å². The number of nitrogens with zero attached hydrogens (tertiary/aromatic N) is 1. The topological polar surface area (TPSA) is 38.9 Å². The summed E-state index contributed by atoms with van der Waals surface area (Å²) < 4.78 is 1.08. The third-order valence-electron chi connectivity index (χ3n) is 2.30. The number of nitrogens with two attached hydrogens (primary N) is 1. The smallest absolute Gasteiger partial charge is 0.150 e. The molecule has 5 heteroatoms. The van der Waals surface area contributed by atoms with E-state index in [0.717, 1.165) is 31.9 Å². The average Bonchev–Trinajstić information content (AvgIpc) is 2.73. The van der Waals surface area contributed by atoms with Crippen LogP contribution in [0.5, 0.6) is 0 Å². The Morgan fingerprint density at radius 1 is 1.47 bits per heavy atom. The number of hydrogen-bond acceptors (Lipinski definition) is 4. The maximum atomic E-state index is 6.19. The van der Waals surface area contributed by atoms with Crippen molar-refractivity contribution in [2.24, 2.45) is 5.73 Å². The fourth-order valence-corrected chi connectivity index (χ4v) is 3.58. The zero-order valence-corrected chi connectivity index (χ0v) is 11.8. The van der Waals surface area contributed by atoms with Gasteiger partial charge in [-0.25, -0.2) is 4.98 Å². The van der Waals surface area contributed by atoms with Crippen LogP contribution in [0.3, 0.4) is 0 Å². The van der Waals surface area contributed by atoms with Crippen LogP contribution in [0.1, 0.15) is 16.8 Å². The Hall–Kier alpha value is -0.550. The summed E-state index contributed by atoms with van der Waals surface area (Å²) in [7, 11) is 0. The van der Waals surface area contributed by atoms with Gasteiger partial charge < -0.3 is 5.73 Å². The van der Waals surface area contributed by atoms with E-state index in [2.05, 4.69) is 10.4 Å². The molecule has 0 saturated carbocycles. The van der Waals surface area contributed by atoms with Crippen LogP contribution in [0.4, 0.5) is 0 Å². The van der Waals surface area contributed by atoms with Crippen molar-refractivity contribution in [3.05, 3.63) is 45.4 Å². The molecule has 0 radical (unpaired) electrons. The summed E-state index contributed by atoms with van der Waals surface area (Å²) in [6.45, 7) is 2.53. The first-order valence-electron chi connectivity index (χ1n) is 5.21. The van der Waals surface area contributed by atoms with Crippen molar-refractivity contribution in [2.75, 3.05) is 0 Å². The van der Waals surface area contributed by atoms with Gasteiger partial charge in [0.2, 0.25) is 0 Å². The van der Waals surface area contributed by atoms with Gasteiger partial charge in [-0.15, -0.1) is 11.3 Å². The summed E-state index contributed by atoms with van der Waals surface area (Å²) in [5.74, 6) is 0.844. The lowest BCUT2D eigenvalue weighted by molar-refractivity contribution is 1.07. The molecule has 0 saturated heterocycles. The number of hydrogen-bond donors (Lipinski definition) is 1. The molecule has 1 aromatic carbocycles. The van der Waals surface area contributed by atoms with Crippen molar-refractivity contribution >= 4 is 34.7 Å². The molecular weight excluding hydrogens is 272 g/mol. The second kappa shape index (κ2) is 5.87. The summed E-state index contributed by atoms with van der Waals surface area (Å²) in [6.07, 6.45) is 0. The van der Waals surface area contributed by atoms with E-state index >= 15 is 0 Å². The second-order valence-electron chi connectivity index (χ2n) is 3.67. The van der Waals surface area contributed by atoms with E-state index in [9.17, 15) is 0 Å². The number of halogens is 1. The molecule has 1 aromatic heterocycles. The van der Waals surface area contributed by atoms with Crippen LogP contribution in [0.2, 0.25) is 5.02 Å². The molecule has 2 nitrogen and oxygen atoms in total. The molecule has 0 amide bonds. The quantitative estimate of drug-likeness (QED) is 0.867. The molecule has 0 unspecified atom stereocenters. The predicted molar refractivity (Wildman–Crippen MR) is 75.8 cm³/mol. The minimum atomic E-state index is 0.527. The lowest BCUT2D eigenvalue weighted by atomic mass is 10.1. The largest absolute Gasteiger partial charge is 0.326 e. The molecule has 0 atom stereocenters. The van der Waals surface area contributed by atoms with Crippen molar-refractivity contribution in [2.45, 2.75) is 23.6 Å². The van der Waals surface area contributed by atoms with E-state index in [4.69, 9.17) is 17.3 Å². The van der Waals surface area contributed by atoms with E-state index in [0.29, 0.717) is 6.54 Å². The van der Waals surface area contributed by atoms with E-state index in [1.807, 2.05) is 25.1 Å². The van der Waals surface area contributed by atoms with Crippen molar-refractivity contribution in [1.29, 1.82) is 0 Å². The van der Waals surface area contributed by atoms with Crippen LogP contribution in [0, 0.1) is 6.92 Å². The van der Waals surface area contributed by atoms with E-state index < -0.39 is 0 Å². The fraction of sp³-hybridized carbons (Fsp3) is 0.250. The molecule has 0 aliphatic carbocycles. The van der Waals surface area contributed by atoms with Crippen LogP contribution in [0.25, 0.3) is 0 Å². The highest BCUT2D eigenvalue weighted by Crippen LogP contribution is 2.29. The Morgan fingerprint density at radius 3 is 2.88 bits per heavy atom. The van der Waals surface area contributed by atoms with E-state index in [1.54, 1.807) is 23.1 Å². The molecule has 0 bridgehead atoms. The molecule has 1 heterocycles. The molecule has 0 aliphatic heterocycles. The number of benzene rings is 1. The van der Waals surface area contributed by atoms with E-state index in [1.165, 1.54) is 0 Å². The average molecular weight is 285 g/mol. The lowest BCUT2D eigenvalue weighted by Gasteiger charge is -2.04. The molecule has 0 fully saturated rings. The van der Waals surface area contributed by atoms with Gasteiger partial charge in [0, 0.05) is 28.4 Å². The third kappa shape index (κ3) is 3.45. The molecule has 2 aromatic rings. The Morgan fingerprint density at radius 2 is 2.29 bits per heavy atom. The maximum Gasteiger partial charge on any atom is 0.150 e. The maximum absolute atomic E-state index is 6.19. The van der Waals surface area contributed by atoms with Crippen LogP contribution in [0.15, 0.2) is 27.9 Å². The zero-order valence-electron chi connectivity index (χ0n) is 9.44. The Balaban J connectivity index is 2.04. The van der Waals surface area contributed by atoms with Gasteiger partial charge in [0.1, 0.15) is 4.34 Å². The van der Waals surface area contributed by atoms with Gasteiger partial charge in [-0.2, -0.15) is 0 Å². The van der Waals surface area contributed by atoms with Gasteiger partial charge in [-0.3, -0.25) is 0 Å². The second-order valence-corrected chi connectivity index (χ2v) is 6.16. The predicted octanol–water partition coefficient (Wildman–Crippen LogP) is 3.86. The lowest BCUT2D eigenvalue weighted by Crippen LogP contribution is -1.96. The molecule has 90 valence electrons. The highest BCUT2D eigenvalue weighted by molar-refractivity contribution is 8.00. The fourth-order valence-electron chi connectivity index (χ4n) is 1.37. The van der Waals surface area contributed by atoms with Crippen LogP contribution in [-0.2, 0) is 12.3 Å². The van der Waals surface area contributed by atoms with Gasteiger partial charge in [-0.05, 0) is 24.1 Å². The summed E-state index contributed by atoms with van der Waals surface area (Å²) in [4.78, 5) is 4.41. The van der Waals surface area contributed by atoms with Crippen LogP contribution >= 0.6 is 34.7 Å². The first-order valence-corrected chi connectivity index (χ1v) is 7.45.